The van der Waals surface area contributed by atoms with E-state index in [1.165, 1.54) is 0 Å². The van der Waals surface area contributed by atoms with Crippen LogP contribution in [0.1, 0.15) is 15.9 Å². The molecule has 5 heteroatoms. The van der Waals surface area contributed by atoms with Crippen LogP contribution in [0.3, 0.4) is 0 Å². The van der Waals surface area contributed by atoms with Crippen LogP contribution >= 0.6 is 0 Å². The van der Waals surface area contributed by atoms with Crippen LogP contribution in [0.15, 0.2) is 73.1 Å². The third kappa shape index (κ3) is 4.35. The van der Waals surface area contributed by atoms with Crippen LogP contribution in [-0.4, -0.2) is 18.0 Å². The van der Waals surface area contributed by atoms with Gasteiger partial charge in [-0.05, 0) is 35.9 Å². The van der Waals surface area contributed by atoms with Crippen LogP contribution in [0, 0.1) is 0 Å². The Labute approximate surface area is 146 Å². The lowest BCUT2D eigenvalue weighted by atomic mass is 10.1. The number of rotatable bonds is 6. The normalized spacial score (nSPS) is 10.1. The van der Waals surface area contributed by atoms with E-state index in [4.69, 9.17) is 9.47 Å². The lowest BCUT2D eigenvalue weighted by Gasteiger charge is -2.13. The van der Waals surface area contributed by atoms with Crippen molar-refractivity contribution in [1.82, 2.24) is 4.98 Å². The monoisotopic (exact) mass is 334 g/mol. The number of methoxy groups -OCH3 is 1. The Morgan fingerprint density at radius 3 is 2.64 bits per heavy atom. The third-order valence-electron chi connectivity index (χ3n) is 3.59. The molecule has 0 saturated carbocycles. The number of hydrogen-bond acceptors (Lipinski definition) is 4. The lowest BCUT2D eigenvalue weighted by Crippen LogP contribution is -2.14. The van der Waals surface area contributed by atoms with E-state index in [2.05, 4.69) is 10.3 Å². The van der Waals surface area contributed by atoms with Crippen LogP contribution in [0.5, 0.6) is 11.5 Å². The van der Waals surface area contributed by atoms with Gasteiger partial charge >= 0.3 is 0 Å². The zero-order chi connectivity index (χ0) is 17.5. The average molecular weight is 334 g/mol. The number of carbonyl (C=O) groups excluding carboxylic acids is 1. The quantitative estimate of drug-likeness (QED) is 0.742. The lowest BCUT2D eigenvalue weighted by molar-refractivity contribution is 0.102. The number of hydrogen-bond donors (Lipinski definition) is 1. The maximum atomic E-state index is 12.6. The van der Waals surface area contributed by atoms with Gasteiger partial charge in [-0.2, -0.15) is 0 Å². The van der Waals surface area contributed by atoms with E-state index in [9.17, 15) is 4.79 Å². The molecule has 3 aromatic rings. The van der Waals surface area contributed by atoms with Gasteiger partial charge in [-0.25, -0.2) is 0 Å². The Kier molecular flexibility index (Phi) is 5.26. The van der Waals surface area contributed by atoms with Crippen molar-refractivity contribution in [3.05, 3.63) is 84.2 Å². The summed E-state index contributed by atoms with van der Waals surface area (Å²) in [5.41, 5.74) is 2.04. The molecule has 5 nitrogen and oxygen atoms in total. The first-order valence-corrected chi connectivity index (χ1v) is 7.82. The number of amides is 1. The molecule has 25 heavy (non-hydrogen) atoms. The summed E-state index contributed by atoms with van der Waals surface area (Å²) in [6.07, 6.45) is 3.23. The second kappa shape index (κ2) is 7.97. The number of nitrogens with zero attached hydrogens (tertiary/aromatic N) is 1. The fourth-order valence-corrected chi connectivity index (χ4v) is 2.31. The van der Waals surface area contributed by atoms with Gasteiger partial charge in [0.15, 0.2) is 0 Å². The van der Waals surface area contributed by atoms with Crippen molar-refractivity contribution in [2.75, 3.05) is 12.4 Å². The van der Waals surface area contributed by atoms with Crippen LogP contribution in [-0.2, 0) is 6.61 Å². The van der Waals surface area contributed by atoms with Crippen molar-refractivity contribution in [3.63, 3.8) is 0 Å². The highest BCUT2D eigenvalue weighted by atomic mass is 16.5. The molecule has 0 spiro atoms. The van der Waals surface area contributed by atoms with Crippen molar-refractivity contribution in [3.8, 4) is 11.5 Å². The molecule has 0 aliphatic heterocycles. The van der Waals surface area contributed by atoms with Gasteiger partial charge in [0.2, 0.25) is 0 Å². The topological polar surface area (TPSA) is 60.5 Å². The predicted molar refractivity (Wildman–Crippen MR) is 96.0 cm³/mol. The van der Waals surface area contributed by atoms with Crippen molar-refractivity contribution >= 4 is 11.6 Å². The minimum absolute atomic E-state index is 0.282. The predicted octanol–water partition coefficient (Wildman–Crippen LogP) is 3.92. The van der Waals surface area contributed by atoms with Gasteiger partial charge in [-0.3, -0.25) is 9.78 Å². The standard InChI is InChI=1S/C20H18N2O3/c1-24-17-9-10-19(25-14-15-6-3-2-4-7-15)18(12-17)20(23)22-16-8-5-11-21-13-16/h2-13H,14H2,1H3,(H,22,23). The van der Waals surface area contributed by atoms with Gasteiger partial charge in [0.25, 0.3) is 5.91 Å². The summed E-state index contributed by atoms with van der Waals surface area (Å²) in [4.78, 5) is 16.6. The number of aromatic nitrogens is 1. The van der Waals surface area contributed by atoms with E-state index >= 15 is 0 Å². The molecule has 1 aromatic heterocycles. The third-order valence-corrected chi connectivity index (χ3v) is 3.59. The van der Waals surface area contributed by atoms with Gasteiger partial charge in [0, 0.05) is 6.20 Å². The highest BCUT2D eigenvalue weighted by molar-refractivity contribution is 6.06. The summed E-state index contributed by atoms with van der Waals surface area (Å²) in [7, 11) is 1.56. The molecule has 0 radical (unpaired) electrons. The number of anilines is 1. The van der Waals surface area contributed by atoms with Crippen LogP contribution in [0.4, 0.5) is 5.69 Å². The van der Waals surface area contributed by atoms with Gasteiger partial charge in [-0.15, -0.1) is 0 Å². The molecule has 1 amide bonds. The molecule has 0 unspecified atom stereocenters. The molecule has 126 valence electrons. The maximum absolute atomic E-state index is 12.6. The summed E-state index contributed by atoms with van der Waals surface area (Å²) < 4.78 is 11.1. The van der Waals surface area contributed by atoms with Gasteiger partial charge in [-0.1, -0.05) is 30.3 Å². The zero-order valence-corrected chi connectivity index (χ0v) is 13.8. The van der Waals surface area contributed by atoms with E-state index < -0.39 is 0 Å². The van der Waals surface area contributed by atoms with Gasteiger partial charge in [0.1, 0.15) is 18.1 Å². The maximum Gasteiger partial charge on any atom is 0.259 e. The summed E-state index contributed by atoms with van der Waals surface area (Å²) >= 11 is 0. The fourth-order valence-electron chi connectivity index (χ4n) is 2.31. The van der Waals surface area contributed by atoms with Crippen molar-refractivity contribution in [2.45, 2.75) is 6.61 Å². The number of nitrogens with one attached hydrogen (secondary N) is 1. The SMILES string of the molecule is COc1ccc(OCc2ccccc2)c(C(=O)Nc2cccnc2)c1. The first kappa shape index (κ1) is 16.5. The molecule has 0 atom stereocenters. The first-order valence-electron chi connectivity index (χ1n) is 7.82. The van der Waals surface area contributed by atoms with Crippen molar-refractivity contribution in [2.24, 2.45) is 0 Å². The average Bonchev–Trinajstić information content (AvgIpc) is 2.68. The fraction of sp³-hybridized carbons (Fsp3) is 0.100. The van der Waals surface area contributed by atoms with E-state index in [-0.39, 0.29) is 5.91 Å². The van der Waals surface area contributed by atoms with Crippen molar-refractivity contribution < 1.29 is 14.3 Å². The Balaban J connectivity index is 1.81. The van der Waals surface area contributed by atoms with E-state index in [1.807, 2.05) is 30.3 Å². The summed E-state index contributed by atoms with van der Waals surface area (Å²) in [5.74, 6) is 0.796. The summed E-state index contributed by atoms with van der Waals surface area (Å²) in [6, 6.07) is 18.5. The minimum Gasteiger partial charge on any atom is -0.497 e. The number of ether oxygens (including phenoxy) is 2. The highest BCUT2D eigenvalue weighted by Gasteiger charge is 2.15. The molecule has 1 heterocycles. The van der Waals surface area contributed by atoms with Crippen LogP contribution in [0.2, 0.25) is 0 Å². The largest absolute Gasteiger partial charge is 0.497 e. The van der Waals surface area contributed by atoms with E-state index in [0.29, 0.717) is 29.4 Å². The van der Waals surface area contributed by atoms with E-state index in [1.54, 1.807) is 49.8 Å². The molecule has 3 rings (SSSR count). The number of benzene rings is 2. The molecule has 0 saturated heterocycles. The van der Waals surface area contributed by atoms with Gasteiger partial charge in [0.05, 0.1) is 24.6 Å². The molecular weight excluding hydrogens is 316 g/mol. The Morgan fingerprint density at radius 1 is 1.08 bits per heavy atom. The van der Waals surface area contributed by atoms with Gasteiger partial charge < -0.3 is 14.8 Å². The molecule has 0 aliphatic rings. The Morgan fingerprint density at radius 2 is 1.92 bits per heavy atom. The van der Waals surface area contributed by atoms with E-state index in [0.717, 1.165) is 5.56 Å². The summed E-state index contributed by atoms with van der Waals surface area (Å²) in [6.45, 7) is 0.375. The molecule has 0 aliphatic carbocycles. The Bertz CT molecular complexity index is 836. The molecule has 1 N–H and O–H groups in total. The van der Waals surface area contributed by atoms with Crippen LogP contribution in [0.25, 0.3) is 0 Å². The second-order valence-electron chi connectivity index (χ2n) is 5.33. The van der Waals surface area contributed by atoms with Crippen LogP contribution < -0.4 is 14.8 Å². The molecule has 0 fully saturated rings. The molecule has 2 aromatic carbocycles. The minimum atomic E-state index is -0.282. The first-order chi connectivity index (χ1) is 12.3. The van der Waals surface area contributed by atoms with Crippen molar-refractivity contribution in [1.29, 1.82) is 0 Å². The smallest absolute Gasteiger partial charge is 0.259 e. The molecule has 0 bridgehead atoms. The zero-order valence-electron chi connectivity index (χ0n) is 13.8. The number of carbonyl (C=O) groups is 1. The number of pyridine rings is 1. The highest BCUT2D eigenvalue weighted by Crippen LogP contribution is 2.26. The summed E-state index contributed by atoms with van der Waals surface area (Å²) in [5, 5.41) is 2.81. The molecular formula is C20H18N2O3. The second-order valence-corrected chi connectivity index (χ2v) is 5.33. The Hall–Kier alpha value is -3.34.